The van der Waals surface area contributed by atoms with Crippen molar-refractivity contribution in [3.8, 4) is 0 Å². The molecule has 4 unspecified atom stereocenters. The number of piperidine rings is 2. The quantitative estimate of drug-likeness (QED) is 0.482. The maximum atomic E-state index is 13.8. The van der Waals surface area contributed by atoms with E-state index in [1.165, 1.54) is 29.2 Å². The van der Waals surface area contributed by atoms with Crippen molar-refractivity contribution in [2.75, 3.05) is 19.6 Å². The van der Waals surface area contributed by atoms with Crippen molar-refractivity contribution in [3.05, 3.63) is 70.5 Å². The number of rotatable bonds is 5. The zero-order chi connectivity index (χ0) is 30.4. The highest BCUT2D eigenvalue weighted by Gasteiger charge is 2.50. The third-order valence-electron chi connectivity index (χ3n) is 8.35. The number of aliphatic hydroxyl groups is 1. The summed E-state index contributed by atoms with van der Waals surface area (Å²) in [6.07, 6.45) is -10.3. The highest BCUT2D eigenvalue weighted by molar-refractivity contribution is 5.87. The highest BCUT2D eigenvalue weighted by Crippen LogP contribution is 2.44. The van der Waals surface area contributed by atoms with Crippen molar-refractivity contribution < 1.29 is 50.2 Å². The number of carbonyl (C=O) groups is 2. The Kier molecular flexibility index (Phi) is 8.27. The monoisotopic (exact) mass is 602 g/mol. The molecular weight excluding hydrogens is 573 g/mol. The second kappa shape index (κ2) is 11.5. The minimum Gasteiger partial charge on any atom is -0.393 e. The molecule has 0 aliphatic carbocycles. The summed E-state index contributed by atoms with van der Waals surface area (Å²) in [5.41, 5.74) is -2.70. The molecule has 3 aliphatic heterocycles. The summed E-state index contributed by atoms with van der Waals surface area (Å²) in [7, 11) is 0. The van der Waals surface area contributed by atoms with Crippen LogP contribution in [0.4, 0.5) is 30.7 Å². The molecule has 228 valence electrons. The number of halogens is 7. The molecule has 2 aromatic carbocycles. The van der Waals surface area contributed by atoms with Crippen molar-refractivity contribution in [2.24, 2.45) is 5.92 Å². The van der Waals surface area contributed by atoms with Crippen LogP contribution in [0.25, 0.3) is 0 Å². The van der Waals surface area contributed by atoms with Crippen LogP contribution in [0.3, 0.4) is 0 Å². The number of carbonyl (C=O) groups excluding carboxylic acids is 2. The normalized spacial score (nSPS) is 25.6. The van der Waals surface area contributed by atoms with E-state index in [1.807, 2.05) is 0 Å². The molecule has 2 amide bonds. The molecule has 42 heavy (non-hydrogen) atoms. The molecule has 3 aliphatic rings. The second-order valence-corrected chi connectivity index (χ2v) is 11.1. The van der Waals surface area contributed by atoms with Crippen molar-refractivity contribution in [1.82, 2.24) is 9.80 Å². The van der Waals surface area contributed by atoms with Gasteiger partial charge in [-0.1, -0.05) is 12.1 Å². The van der Waals surface area contributed by atoms with Crippen molar-refractivity contribution in [1.29, 1.82) is 0 Å². The summed E-state index contributed by atoms with van der Waals surface area (Å²) in [5.74, 6) is -2.30. The van der Waals surface area contributed by atoms with Gasteiger partial charge in [0.05, 0.1) is 29.9 Å². The van der Waals surface area contributed by atoms with Crippen LogP contribution in [0, 0.1) is 11.7 Å². The molecule has 0 spiro atoms. The van der Waals surface area contributed by atoms with Crippen LogP contribution < -0.4 is 0 Å². The number of aliphatic hydroxyl groups excluding tert-OH is 1. The topological polar surface area (TPSA) is 70.1 Å². The number of amides is 2. The number of ether oxygens (including phenoxy) is 1. The van der Waals surface area contributed by atoms with Crippen molar-refractivity contribution in [3.63, 3.8) is 0 Å². The number of hydrogen-bond acceptors (Lipinski definition) is 4. The Morgan fingerprint density at radius 1 is 0.952 bits per heavy atom. The van der Waals surface area contributed by atoms with E-state index >= 15 is 0 Å². The lowest BCUT2D eigenvalue weighted by Crippen LogP contribution is -2.50. The number of likely N-dealkylation sites (tertiary alicyclic amines) is 1. The first-order chi connectivity index (χ1) is 19.7. The van der Waals surface area contributed by atoms with Gasteiger partial charge in [-0.05, 0) is 60.7 Å². The first kappa shape index (κ1) is 30.3. The van der Waals surface area contributed by atoms with Gasteiger partial charge in [-0.25, -0.2) is 4.39 Å². The molecule has 13 heteroatoms. The number of nitrogens with zero attached hydrogens (tertiary/aromatic N) is 2. The summed E-state index contributed by atoms with van der Waals surface area (Å²) >= 11 is 0. The summed E-state index contributed by atoms with van der Waals surface area (Å²) in [6, 6.07) is 6.09. The summed E-state index contributed by atoms with van der Waals surface area (Å²) < 4.78 is 99.9. The highest BCUT2D eigenvalue weighted by atomic mass is 19.4. The fourth-order valence-corrected chi connectivity index (χ4v) is 6.26. The fraction of sp³-hybridized carbons (Fsp3) is 0.517. The van der Waals surface area contributed by atoms with Gasteiger partial charge in [-0.2, -0.15) is 26.3 Å². The molecule has 0 aromatic heterocycles. The third-order valence-corrected chi connectivity index (χ3v) is 8.35. The smallest absolute Gasteiger partial charge is 0.393 e. The second-order valence-electron chi connectivity index (χ2n) is 11.1. The van der Waals surface area contributed by atoms with E-state index in [0.29, 0.717) is 43.6 Å². The molecule has 1 N–H and O–H groups in total. The minimum atomic E-state index is -5.01. The van der Waals surface area contributed by atoms with Gasteiger partial charge in [0.25, 0.3) is 0 Å². The van der Waals surface area contributed by atoms with Crippen molar-refractivity contribution in [2.45, 2.75) is 68.8 Å². The zero-order valence-corrected chi connectivity index (χ0v) is 22.3. The molecule has 6 nitrogen and oxygen atoms in total. The first-order valence-electron chi connectivity index (χ1n) is 13.6. The van der Waals surface area contributed by atoms with E-state index in [0.717, 1.165) is 0 Å². The van der Waals surface area contributed by atoms with Gasteiger partial charge in [-0.3, -0.25) is 9.59 Å². The number of fused-ring (bicyclic) bond motifs is 1. The number of hydrogen-bond donors (Lipinski definition) is 1. The van der Waals surface area contributed by atoms with Crippen LogP contribution in [-0.2, 0) is 33.3 Å². The summed E-state index contributed by atoms with van der Waals surface area (Å²) in [5, 5.41) is 9.79. The van der Waals surface area contributed by atoms with Gasteiger partial charge in [-0.15, -0.1) is 0 Å². The van der Waals surface area contributed by atoms with Crippen LogP contribution in [0.15, 0.2) is 42.5 Å². The van der Waals surface area contributed by atoms with Crippen molar-refractivity contribution >= 4 is 11.8 Å². The maximum absolute atomic E-state index is 13.8. The Bertz CT molecular complexity index is 1270. The minimum absolute atomic E-state index is 0.00739. The van der Waals surface area contributed by atoms with E-state index in [1.54, 1.807) is 4.90 Å². The molecule has 5 rings (SSSR count). The lowest BCUT2D eigenvalue weighted by atomic mass is 9.81. The third kappa shape index (κ3) is 6.41. The van der Waals surface area contributed by atoms with Crippen LogP contribution in [-0.4, -0.2) is 64.6 Å². The average molecular weight is 603 g/mol. The van der Waals surface area contributed by atoms with E-state index in [9.17, 15) is 45.4 Å². The average Bonchev–Trinajstić information content (AvgIpc) is 3.30. The van der Waals surface area contributed by atoms with Gasteiger partial charge < -0.3 is 19.6 Å². The SMILES string of the molecule is O=C(C1CC(=O)N2CC(OCc3cc(C(F)(F)F)cc(C(F)(F)F)c3)C(c3ccc(F)cc3)C2C1)N1CCC(O)CC1. The maximum Gasteiger partial charge on any atom is 0.416 e. The Hall–Kier alpha value is -3.19. The molecule has 3 fully saturated rings. The molecular formula is C29H29F7N2O4. The van der Waals surface area contributed by atoms with Gasteiger partial charge in [0.2, 0.25) is 11.8 Å². The molecule has 3 saturated heterocycles. The Morgan fingerprint density at radius 3 is 2.12 bits per heavy atom. The molecule has 4 atom stereocenters. The predicted molar refractivity (Wildman–Crippen MR) is 134 cm³/mol. The lowest BCUT2D eigenvalue weighted by molar-refractivity contribution is -0.148. The largest absolute Gasteiger partial charge is 0.416 e. The van der Waals surface area contributed by atoms with E-state index < -0.39 is 66.0 Å². The van der Waals surface area contributed by atoms with Crippen LogP contribution in [0.1, 0.15) is 53.9 Å². The van der Waals surface area contributed by atoms with Gasteiger partial charge >= 0.3 is 12.4 Å². The fourth-order valence-electron chi connectivity index (χ4n) is 6.26. The van der Waals surface area contributed by atoms with Crippen LogP contribution in [0.2, 0.25) is 0 Å². The standard InChI is InChI=1S/C29H29F7N2O4/c30-21-3-1-17(2-4-21)26-23-11-18(27(41)37-7-5-22(39)6-8-37)12-25(40)38(23)14-24(26)42-15-16-9-19(28(31,32)33)13-20(10-16)29(34,35)36/h1-4,9-10,13,18,22-24,26,39H,5-8,11-12,14-15H2. The Labute approximate surface area is 237 Å². The zero-order valence-electron chi connectivity index (χ0n) is 22.3. The predicted octanol–water partition coefficient (Wildman–Crippen LogP) is 5.14. The Morgan fingerprint density at radius 2 is 1.55 bits per heavy atom. The van der Waals surface area contributed by atoms with Gasteiger partial charge in [0, 0.05) is 43.9 Å². The van der Waals surface area contributed by atoms with E-state index in [4.69, 9.17) is 4.74 Å². The molecule has 3 heterocycles. The Balaban J connectivity index is 1.40. The summed E-state index contributed by atoms with van der Waals surface area (Å²) in [6.45, 7) is 0.141. The molecule has 0 saturated carbocycles. The van der Waals surface area contributed by atoms with Gasteiger partial charge in [0.1, 0.15) is 5.82 Å². The number of benzene rings is 2. The van der Waals surface area contributed by atoms with E-state index in [-0.39, 0.29) is 42.8 Å². The first-order valence-corrected chi connectivity index (χ1v) is 13.6. The lowest BCUT2D eigenvalue weighted by Gasteiger charge is -2.39. The van der Waals surface area contributed by atoms with Crippen LogP contribution in [0.5, 0.6) is 0 Å². The number of alkyl halides is 6. The molecule has 2 aromatic rings. The van der Waals surface area contributed by atoms with E-state index in [2.05, 4.69) is 0 Å². The molecule has 0 radical (unpaired) electrons. The van der Waals surface area contributed by atoms with Gasteiger partial charge in [0.15, 0.2) is 0 Å². The summed E-state index contributed by atoms with van der Waals surface area (Å²) in [4.78, 5) is 29.7. The van der Waals surface area contributed by atoms with Crippen LogP contribution >= 0.6 is 0 Å². The molecule has 0 bridgehead atoms.